The van der Waals surface area contributed by atoms with Gasteiger partial charge in [-0.2, -0.15) is 0 Å². The van der Waals surface area contributed by atoms with Gasteiger partial charge in [-0.3, -0.25) is 4.79 Å². The van der Waals surface area contributed by atoms with Crippen LogP contribution in [-0.2, 0) is 11.2 Å². The Labute approximate surface area is 136 Å². The van der Waals surface area contributed by atoms with Gasteiger partial charge in [0.25, 0.3) is 0 Å². The van der Waals surface area contributed by atoms with Crippen LogP contribution >= 0.6 is 24.0 Å². The highest BCUT2D eigenvalue weighted by Crippen LogP contribution is 2.20. The van der Waals surface area contributed by atoms with Gasteiger partial charge in [0.2, 0.25) is 11.1 Å². The molecule has 1 atom stereocenters. The third-order valence-corrected chi connectivity index (χ3v) is 4.11. The summed E-state index contributed by atoms with van der Waals surface area (Å²) in [6.45, 7) is 4.79. The largest absolute Gasteiger partial charge is 0.356 e. The molecule has 0 saturated carbocycles. The number of halogens is 2. The predicted octanol–water partition coefficient (Wildman–Crippen LogP) is 2.50. The van der Waals surface area contributed by atoms with Crippen LogP contribution in [0.1, 0.15) is 36.9 Å². The van der Waals surface area contributed by atoms with E-state index in [0.29, 0.717) is 24.0 Å². The molecule has 2 heterocycles. The van der Waals surface area contributed by atoms with Crippen LogP contribution in [0.3, 0.4) is 0 Å². The number of nitrogens with zero attached hydrogens (tertiary/aromatic N) is 1. The molecular weight excluding hydrogens is 313 g/mol. The van der Waals surface area contributed by atoms with E-state index >= 15 is 0 Å². The average Bonchev–Trinajstić information content (AvgIpc) is 2.77. The van der Waals surface area contributed by atoms with Crippen molar-refractivity contribution in [2.75, 3.05) is 19.6 Å². The van der Waals surface area contributed by atoms with Crippen molar-refractivity contribution in [3.05, 3.63) is 16.5 Å². The number of piperidine rings is 1. The van der Waals surface area contributed by atoms with Crippen molar-refractivity contribution >= 4 is 29.9 Å². The molecule has 7 heteroatoms. The number of amides is 1. The average molecular weight is 336 g/mol. The maximum absolute atomic E-state index is 11.8. The molecule has 120 valence electrons. The number of hydrogen-bond acceptors (Lipinski definition) is 4. The van der Waals surface area contributed by atoms with Gasteiger partial charge in [-0.25, -0.2) is 0 Å². The number of rotatable bonds is 6. The molecule has 5 nitrogen and oxygen atoms in total. The third kappa shape index (κ3) is 5.85. The molecule has 0 spiro atoms. The molecule has 1 amide bonds. The van der Waals surface area contributed by atoms with Gasteiger partial charge < -0.3 is 15.2 Å². The first-order valence-electron chi connectivity index (χ1n) is 7.25. The molecular formula is C14H23Cl2N3O2. The minimum absolute atomic E-state index is 0. The van der Waals surface area contributed by atoms with E-state index in [9.17, 15) is 4.79 Å². The molecule has 0 radical (unpaired) electrons. The van der Waals surface area contributed by atoms with Gasteiger partial charge in [0.1, 0.15) is 0 Å². The molecule has 1 saturated heterocycles. The van der Waals surface area contributed by atoms with E-state index in [1.807, 2.05) is 6.92 Å². The summed E-state index contributed by atoms with van der Waals surface area (Å²) in [5, 5.41) is 10.4. The predicted molar refractivity (Wildman–Crippen MR) is 85.0 cm³/mol. The first kappa shape index (κ1) is 18.3. The quantitative estimate of drug-likeness (QED) is 0.838. The Morgan fingerprint density at radius 1 is 1.57 bits per heavy atom. The normalized spacial score (nSPS) is 18.1. The summed E-state index contributed by atoms with van der Waals surface area (Å²) in [5.41, 5.74) is 1.59. The van der Waals surface area contributed by atoms with Crippen LogP contribution in [0.25, 0.3) is 0 Å². The van der Waals surface area contributed by atoms with Crippen molar-refractivity contribution in [2.45, 2.75) is 39.0 Å². The zero-order valence-electron chi connectivity index (χ0n) is 12.3. The molecule has 0 bridgehead atoms. The van der Waals surface area contributed by atoms with Crippen molar-refractivity contribution < 1.29 is 9.32 Å². The third-order valence-electron chi connectivity index (χ3n) is 3.81. The van der Waals surface area contributed by atoms with Gasteiger partial charge in [0.15, 0.2) is 0 Å². The summed E-state index contributed by atoms with van der Waals surface area (Å²) in [4.78, 5) is 11.8. The van der Waals surface area contributed by atoms with E-state index in [4.69, 9.17) is 16.1 Å². The highest BCUT2D eigenvalue weighted by Gasteiger charge is 2.14. The molecule has 2 rings (SSSR count). The molecule has 21 heavy (non-hydrogen) atoms. The minimum Gasteiger partial charge on any atom is -0.356 e. The van der Waals surface area contributed by atoms with Crippen LogP contribution in [0.5, 0.6) is 0 Å². The molecule has 1 aliphatic rings. The summed E-state index contributed by atoms with van der Waals surface area (Å²) in [7, 11) is 0. The number of aryl methyl sites for hydroxylation is 1. The van der Waals surface area contributed by atoms with E-state index in [0.717, 1.165) is 37.3 Å². The fourth-order valence-corrected chi connectivity index (χ4v) is 2.82. The molecule has 2 N–H and O–H groups in total. The summed E-state index contributed by atoms with van der Waals surface area (Å²) >= 11 is 5.87. The van der Waals surface area contributed by atoms with Crippen LogP contribution in [0.2, 0.25) is 5.22 Å². The maximum atomic E-state index is 11.8. The lowest BCUT2D eigenvalue weighted by Crippen LogP contribution is -2.33. The summed E-state index contributed by atoms with van der Waals surface area (Å²) in [6, 6.07) is 0. The minimum atomic E-state index is 0. The Kier molecular flexibility index (Phi) is 8.07. The summed E-state index contributed by atoms with van der Waals surface area (Å²) in [5.74, 6) is 0.754. The first-order chi connectivity index (χ1) is 9.66. The molecule has 0 aliphatic carbocycles. The fourth-order valence-electron chi connectivity index (χ4n) is 2.55. The second-order valence-corrected chi connectivity index (χ2v) is 5.71. The topological polar surface area (TPSA) is 67.2 Å². The van der Waals surface area contributed by atoms with Crippen LogP contribution < -0.4 is 10.6 Å². The highest BCUT2D eigenvalue weighted by molar-refractivity contribution is 6.29. The molecule has 1 aromatic heterocycles. The van der Waals surface area contributed by atoms with Gasteiger partial charge >= 0.3 is 0 Å². The number of nitrogens with one attached hydrogen (secondary N) is 2. The Balaban J connectivity index is 0.00000220. The van der Waals surface area contributed by atoms with Crippen molar-refractivity contribution in [1.29, 1.82) is 0 Å². The van der Waals surface area contributed by atoms with Gasteiger partial charge in [-0.15, -0.1) is 12.4 Å². The Morgan fingerprint density at radius 3 is 3.00 bits per heavy atom. The van der Waals surface area contributed by atoms with Crippen LogP contribution in [0, 0.1) is 12.8 Å². The lowest BCUT2D eigenvalue weighted by molar-refractivity contribution is -0.121. The van der Waals surface area contributed by atoms with Gasteiger partial charge in [-0.05, 0) is 63.2 Å². The SMILES string of the molecule is Cc1noc(Cl)c1CCC(=O)NCCC1CCCNC1.Cl. The van der Waals surface area contributed by atoms with Crippen LogP contribution in [0.15, 0.2) is 4.52 Å². The smallest absolute Gasteiger partial charge is 0.229 e. The lowest BCUT2D eigenvalue weighted by Gasteiger charge is -2.22. The van der Waals surface area contributed by atoms with Crippen LogP contribution in [-0.4, -0.2) is 30.7 Å². The zero-order valence-corrected chi connectivity index (χ0v) is 13.9. The number of aromatic nitrogens is 1. The van der Waals surface area contributed by atoms with E-state index in [2.05, 4.69) is 15.8 Å². The van der Waals surface area contributed by atoms with E-state index in [1.165, 1.54) is 12.8 Å². The van der Waals surface area contributed by atoms with Crippen molar-refractivity contribution in [3.8, 4) is 0 Å². The molecule has 0 aromatic carbocycles. The highest BCUT2D eigenvalue weighted by atomic mass is 35.5. The standard InChI is InChI=1S/C14H22ClN3O2.ClH/c1-10-12(14(15)20-18-10)4-5-13(19)17-8-6-11-3-2-7-16-9-11;/h11,16H,2-9H2,1H3,(H,17,19);1H. The maximum Gasteiger partial charge on any atom is 0.229 e. The van der Waals surface area contributed by atoms with Crippen molar-refractivity contribution in [1.82, 2.24) is 15.8 Å². The van der Waals surface area contributed by atoms with Crippen LogP contribution in [0.4, 0.5) is 0 Å². The lowest BCUT2D eigenvalue weighted by atomic mass is 9.96. The second-order valence-electron chi connectivity index (χ2n) is 5.37. The summed E-state index contributed by atoms with van der Waals surface area (Å²) < 4.78 is 4.86. The number of hydrogen-bond donors (Lipinski definition) is 2. The second kappa shape index (κ2) is 9.28. The fraction of sp³-hybridized carbons (Fsp3) is 0.714. The molecule has 1 aromatic rings. The summed E-state index contributed by atoms with van der Waals surface area (Å²) in [6.07, 6.45) is 4.55. The first-order valence-corrected chi connectivity index (χ1v) is 7.62. The zero-order chi connectivity index (χ0) is 14.4. The molecule has 1 fully saturated rings. The monoisotopic (exact) mass is 335 g/mol. The van der Waals surface area contributed by atoms with E-state index in [1.54, 1.807) is 0 Å². The van der Waals surface area contributed by atoms with Gasteiger partial charge in [0.05, 0.1) is 5.69 Å². The Morgan fingerprint density at radius 2 is 2.38 bits per heavy atom. The van der Waals surface area contributed by atoms with Crippen molar-refractivity contribution in [2.24, 2.45) is 5.92 Å². The Bertz CT molecular complexity index is 426. The molecule has 1 unspecified atom stereocenters. The van der Waals surface area contributed by atoms with E-state index < -0.39 is 0 Å². The van der Waals surface area contributed by atoms with Gasteiger partial charge in [0, 0.05) is 18.5 Å². The Hall–Kier alpha value is -0.780. The molecule has 1 aliphatic heterocycles. The van der Waals surface area contributed by atoms with Gasteiger partial charge in [-0.1, -0.05) is 5.16 Å². The number of carbonyl (C=O) groups excluding carboxylic acids is 1. The van der Waals surface area contributed by atoms with E-state index in [-0.39, 0.29) is 18.3 Å². The van der Waals surface area contributed by atoms with Crippen molar-refractivity contribution in [3.63, 3.8) is 0 Å². The number of carbonyl (C=O) groups is 1.